The molecular weight excluding hydrogens is 250 g/mol. The lowest BCUT2D eigenvalue weighted by atomic mass is 10.1. The van der Waals surface area contributed by atoms with Crippen molar-refractivity contribution in [3.63, 3.8) is 0 Å². The van der Waals surface area contributed by atoms with E-state index in [1.807, 2.05) is 17.0 Å². The van der Waals surface area contributed by atoms with Crippen LogP contribution in [0.2, 0.25) is 5.02 Å². The Morgan fingerprint density at radius 2 is 2.06 bits per heavy atom. The van der Waals surface area contributed by atoms with Crippen molar-refractivity contribution in [1.29, 1.82) is 0 Å². The Kier molecular flexibility index (Phi) is 4.12. The zero-order chi connectivity index (χ0) is 13.1. The van der Waals surface area contributed by atoms with Crippen LogP contribution < -0.4 is 4.90 Å². The van der Waals surface area contributed by atoms with E-state index >= 15 is 0 Å². The summed E-state index contributed by atoms with van der Waals surface area (Å²) in [6, 6.07) is 7.61. The van der Waals surface area contributed by atoms with Gasteiger partial charge < -0.3 is 10.0 Å². The van der Waals surface area contributed by atoms with Gasteiger partial charge in [-0.1, -0.05) is 24.4 Å². The van der Waals surface area contributed by atoms with Gasteiger partial charge in [0.2, 0.25) is 0 Å². The molecule has 98 valence electrons. The van der Waals surface area contributed by atoms with Crippen molar-refractivity contribution in [2.24, 2.45) is 5.92 Å². The number of rotatable bonds is 6. The monoisotopic (exact) mass is 267 g/mol. The van der Waals surface area contributed by atoms with Crippen LogP contribution in [0.15, 0.2) is 24.3 Å². The van der Waals surface area contributed by atoms with Crippen LogP contribution in [0.4, 0.5) is 5.69 Å². The number of benzene rings is 1. The maximum atomic E-state index is 11.0. The smallest absolute Gasteiger partial charge is 0.323 e. The third kappa shape index (κ3) is 3.64. The first-order valence-corrected chi connectivity index (χ1v) is 6.68. The second-order valence-corrected chi connectivity index (χ2v) is 5.46. The Hall–Kier alpha value is -1.22. The highest BCUT2D eigenvalue weighted by atomic mass is 35.5. The minimum absolute atomic E-state index is 0.0372. The molecule has 0 spiro atoms. The molecule has 1 aromatic rings. The molecule has 1 saturated carbocycles. The fourth-order valence-electron chi connectivity index (χ4n) is 2.24. The Labute approximate surface area is 112 Å². The topological polar surface area (TPSA) is 40.5 Å². The largest absolute Gasteiger partial charge is 0.480 e. The maximum absolute atomic E-state index is 11.0. The van der Waals surface area contributed by atoms with Gasteiger partial charge in [0.15, 0.2) is 0 Å². The molecule has 4 heteroatoms. The highest BCUT2D eigenvalue weighted by Gasteiger charge is 2.27. The summed E-state index contributed by atoms with van der Waals surface area (Å²) in [6.07, 6.45) is 3.63. The molecule has 0 saturated heterocycles. The van der Waals surface area contributed by atoms with Crippen molar-refractivity contribution in [2.45, 2.75) is 32.2 Å². The number of hydrogen-bond acceptors (Lipinski definition) is 2. The van der Waals surface area contributed by atoms with Crippen molar-refractivity contribution in [1.82, 2.24) is 0 Å². The summed E-state index contributed by atoms with van der Waals surface area (Å²) in [5.74, 6) is -0.0174. The SMILES string of the molecule is CC(CC1CC1)N(CC(=O)O)c1ccc(Cl)cc1. The molecule has 1 fully saturated rings. The van der Waals surface area contributed by atoms with E-state index in [0.29, 0.717) is 5.02 Å². The van der Waals surface area contributed by atoms with E-state index in [4.69, 9.17) is 16.7 Å². The fourth-order valence-corrected chi connectivity index (χ4v) is 2.37. The number of anilines is 1. The number of carbonyl (C=O) groups is 1. The molecule has 0 heterocycles. The lowest BCUT2D eigenvalue weighted by Crippen LogP contribution is -2.37. The predicted molar refractivity (Wildman–Crippen MR) is 73.2 cm³/mol. The van der Waals surface area contributed by atoms with Gasteiger partial charge in [-0.05, 0) is 43.5 Å². The Bertz CT molecular complexity index is 414. The van der Waals surface area contributed by atoms with E-state index in [-0.39, 0.29) is 12.6 Å². The van der Waals surface area contributed by atoms with E-state index in [1.165, 1.54) is 12.8 Å². The summed E-state index contributed by atoms with van der Waals surface area (Å²) in [7, 11) is 0. The van der Waals surface area contributed by atoms with Gasteiger partial charge in [-0.25, -0.2) is 0 Å². The number of nitrogens with zero attached hydrogens (tertiary/aromatic N) is 1. The molecule has 0 radical (unpaired) electrons. The average Bonchev–Trinajstić information content (AvgIpc) is 3.11. The predicted octanol–water partition coefficient (Wildman–Crippen LogP) is 3.42. The molecule has 1 aromatic carbocycles. The fraction of sp³-hybridized carbons (Fsp3) is 0.500. The molecule has 1 atom stereocenters. The number of halogens is 1. The van der Waals surface area contributed by atoms with Gasteiger partial charge in [0.25, 0.3) is 0 Å². The van der Waals surface area contributed by atoms with Crippen molar-refractivity contribution < 1.29 is 9.90 Å². The van der Waals surface area contributed by atoms with Crippen LogP contribution in [0, 0.1) is 5.92 Å². The summed E-state index contributed by atoms with van der Waals surface area (Å²) in [5.41, 5.74) is 0.926. The molecule has 2 rings (SSSR count). The maximum Gasteiger partial charge on any atom is 0.323 e. The summed E-state index contributed by atoms with van der Waals surface area (Å²) in [5, 5.41) is 9.70. The van der Waals surface area contributed by atoms with E-state index < -0.39 is 5.97 Å². The van der Waals surface area contributed by atoms with Crippen molar-refractivity contribution in [2.75, 3.05) is 11.4 Å². The van der Waals surface area contributed by atoms with E-state index in [9.17, 15) is 4.79 Å². The number of aliphatic carboxylic acids is 1. The first-order chi connectivity index (χ1) is 8.56. The minimum atomic E-state index is -0.799. The number of carboxylic acid groups (broad SMARTS) is 1. The van der Waals surface area contributed by atoms with Crippen LogP contribution in [0.3, 0.4) is 0 Å². The van der Waals surface area contributed by atoms with Crippen LogP contribution in [-0.4, -0.2) is 23.7 Å². The van der Waals surface area contributed by atoms with Crippen LogP contribution in [0.1, 0.15) is 26.2 Å². The van der Waals surface area contributed by atoms with E-state index in [0.717, 1.165) is 18.0 Å². The zero-order valence-corrected chi connectivity index (χ0v) is 11.2. The summed E-state index contributed by atoms with van der Waals surface area (Å²) >= 11 is 5.86. The van der Waals surface area contributed by atoms with Gasteiger partial charge in [0.1, 0.15) is 6.54 Å². The second kappa shape index (κ2) is 5.61. The molecule has 1 aliphatic rings. The van der Waals surface area contributed by atoms with Crippen LogP contribution in [0.25, 0.3) is 0 Å². The minimum Gasteiger partial charge on any atom is -0.480 e. The summed E-state index contributed by atoms with van der Waals surface area (Å²) in [6.45, 7) is 2.13. The van der Waals surface area contributed by atoms with Crippen molar-refractivity contribution in [3.05, 3.63) is 29.3 Å². The van der Waals surface area contributed by atoms with Crippen LogP contribution >= 0.6 is 11.6 Å². The molecule has 0 bridgehead atoms. The molecule has 1 N–H and O–H groups in total. The highest BCUT2D eigenvalue weighted by molar-refractivity contribution is 6.30. The standard InChI is InChI=1S/C14H18ClNO2/c1-10(8-11-2-3-11)16(9-14(17)18)13-6-4-12(15)5-7-13/h4-7,10-11H,2-3,8-9H2,1H3,(H,17,18). The molecule has 1 unspecified atom stereocenters. The molecule has 18 heavy (non-hydrogen) atoms. The third-order valence-electron chi connectivity index (χ3n) is 3.37. The molecule has 0 amide bonds. The Morgan fingerprint density at radius 1 is 1.44 bits per heavy atom. The zero-order valence-electron chi connectivity index (χ0n) is 10.5. The molecule has 3 nitrogen and oxygen atoms in total. The van der Waals surface area contributed by atoms with Gasteiger partial charge >= 0.3 is 5.97 Å². The van der Waals surface area contributed by atoms with Crippen LogP contribution in [-0.2, 0) is 4.79 Å². The van der Waals surface area contributed by atoms with Crippen molar-refractivity contribution in [3.8, 4) is 0 Å². The summed E-state index contributed by atoms with van der Waals surface area (Å²) < 4.78 is 0. The van der Waals surface area contributed by atoms with E-state index in [2.05, 4.69) is 6.92 Å². The summed E-state index contributed by atoms with van der Waals surface area (Å²) in [4.78, 5) is 12.9. The molecular formula is C14H18ClNO2. The van der Waals surface area contributed by atoms with Gasteiger partial charge in [0.05, 0.1) is 0 Å². The first kappa shape index (κ1) is 13.2. The first-order valence-electron chi connectivity index (χ1n) is 6.30. The van der Waals surface area contributed by atoms with Gasteiger partial charge in [-0.3, -0.25) is 4.79 Å². The second-order valence-electron chi connectivity index (χ2n) is 5.03. The lowest BCUT2D eigenvalue weighted by molar-refractivity contribution is -0.135. The van der Waals surface area contributed by atoms with Gasteiger partial charge in [0, 0.05) is 16.8 Å². The normalized spacial score (nSPS) is 16.3. The van der Waals surface area contributed by atoms with Crippen LogP contribution in [0.5, 0.6) is 0 Å². The highest BCUT2D eigenvalue weighted by Crippen LogP contribution is 2.35. The van der Waals surface area contributed by atoms with E-state index in [1.54, 1.807) is 12.1 Å². The third-order valence-corrected chi connectivity index (χ3v) is 3.62. The number of carboxylic acids is 1. The molecule has 0 aliphatic heterocycles. The average molecular weight is 268 g/mol. The molecule has 0 aromatic heterocycles. The molecule has 1 aliphatic carbocycles. The van der Waals surface area contributed by atoms with Gasteiger partial charge in [-0.2, -0.15) is 0 Å². The lowest BCUT2D eigenvalue weighted by Gasteiger charge is -2.30. The Morgan fingerprint density at radius 3 is 2.56 bits per heavy atom. The number of hydrogen-bond donors (Lipinski definition) is 1. The Balaban J connectivity index is 2.11. The van der Waals surface area contributed by atoms with Gasteiger partial charge in [-0.15, -0.1) is 0 Å². The quantitative estimate of drug-likeness (QED) is 0.859. The van der Waals surface area contributed by atoms with Crippen molar-refractivity contribution >= 4 is 23.3 Å².